The first-order valence-corrected chi connectivity index (χ1v) is 6.24. The van der Waals surface area contributed by atoms with Gasteiger partial charge in [-0.2, -0.15) is 0 Å². The molecule has 19 heavy (non-hydrogen) atoms. The molecule has 1 unspecified atom stereocenters. The number of esters is 1. The molecule has 0 aromatic carbocycles. The van der Waals surface area contributed by atoms with E-state index < -0.39 is 5.97 Å². The minimum absolute atomic E-state index is 0.280. The van der Waals surface area contributed by atoms with Crippen molar-refractivity contribution >= 4 is 17.5 Å². The smallest absolute Gasteiger partial charge is 0.356 e. The number of methoxy groups -OCH3 is 2. The van der Waals surface area contributed by atoms with Gasteiger partial charge in [0, 0.05) is 26.1 Å². The Balaban J connectivity index is 2.18. The van der Waals surface area contributed by atoms with E-state index in [2.05, 4.69) is 14.6 Å². The number of carbonyl (C=O) groups excluding carboxylic acids is 1. The number of nitrogens with zero attached hydrogens (tertiary/aromatic N) is 2. The van der Waals surface area contributed by atoms with Crippen molar-refractivity contribution < 1.29 is 14.3 Å². The zero-order valence-electron chi connectivity index (χ0n) is 11.3. The Morgan fingerprint density at radius 1 is 1.53 bits per heavy atom. The molecule has 1 fully saturated rings. The number of rotatable bonds is 4. The molecular formula is C13H19N3O3. The lowest BCUT2D eigenvalue weighted by atomic mass is 10.1. The number of carbonyl (C=O) groups is 1. The van der Waals surface area contributed by atoms with E-state index in [1.54, 1.807) is 19.2 Å². The molecule has 2 N–H and O–H groups in total. The normalized spacial score (nSPS) is 18.6. The van der Waals surface area contributed by atoms with Gasteiger partial charge in [-0.15, -0.1) is 0 Å². The van der Waals surface area contributed by atoms with Gasteiger partial charge < -0.3 is 20.1 Å². The maximum absolute atomic E-state index is 11.5. The maximum atomic E-state index is 11.5. The molecule has 0 radical (unpaired) electrons. The molecule has 0 bridgehead atoms. The first-order chi connectivity index (χ1) is 9.15. The molecule has 1 aliphatic heterocycles. The molecule has 0 aliphatic carbocycles. The van der Waals surface area contributed by atoms with Crippen molar-refractivity contribution in [2.45, 2.75) is 6.42 Å². The van der Waals surface area contributed by atoms with Crippen molar-refractivity contribution in [3.8, 4) is 0 Å². The highest BCUT2D eigenvalue weighted by atomic mass is 16.5. The second kappa shape index (κ2) is 5.88. The third-order valence-electron chi connectivity index (χ3n) is 3.29. The van der Waals surface area contributed by atoms with Crippen molar-refractivity contribution in [1.82, 2.24) is 4.98 Å². The van der Waals surface area contributed by atoms with Crippen LogP contribution in [-0.2, 0) is 9.47 Å². The Morgan fingerprint density at radius 3 is 3.00 bits per heavy atom. The average Bonchev–Trinajstić information content (AvgIpc) is 2.87. The molecule has 1 saturated heterocycles. The Hall–Kier alpha value is -1.82. The molecular weight excluding hydrogens is 246 g/mol. The van der Waals surface area contributed by atoms with Gasteiger partial charge in [0.15, 0.2) is 11.5 Å². The Kier molecular flexibility index (Phi) is 4.21. The summed E-state index contributed by atoms with van der Waals surface area (Å²) in [4.78, 5) is 17.9. The molecule has 1 aliphatic rings. The molecule has 1 aromatic heterocycles. The zero-order valence-corrected chi connectivity index (χ0v) is 11.3. The van der Waals surface area contributed by atoms with Crippen molar-refractivity contribution in [2.24, 2.45) is 5.92 Å². The summed E-state index contributed by atoms with van der Waals surface area (Å²) in [7, 11) is 3.04. The van der Waals surface area contributed by atoms with Crippen LogP contribution in [0.5, 0.6) is 0 Å². The van der Waals surface area contributed by atoms with Gasteiger partial charge >= 0.3 is 5.97 Å². The number of ether oxygens (including phenoxy) is 2. The second-order valence-corrected chi connectivity index (χ2v) is 4.66. The minimum Gasteiger partial charge on any atom is -0.464 e. The summed E-state index contributed by atoms with van der Waals surface area (Å²) >= 11 is 0. The zero-order chi connectivity index (χ0) is 13.8. The van der Waals surface area contributed by atoms with Gasteiger partial charge in [-0.05, 0) is 18.6 Å². The number of anilines is 2. The molecule has 2 rings (SSSR count). The molecule has 0 amide bonds. The van der Waals surface area contributed by atoms with E-state index in [9.17, 15) is 4.79 Å². The summed E-state index contributed by atoms with van der Waals surface area (Å²) in [5.41, 5.74) is 6.80. The van der Waals surface area contributed by atoms with Gasteiger partial charge in [0.1, 0.15) is 0 Å². The highest BCUT2D eigenvalue weighted by molar-refractivity contribution is 5.88. The first-order valence-electron chi connectivity index (χ1n) is 6.24. The summed E-state index contributed by atoms with van der Waals surface area (Å²) < 4.78 is 9.84. The van der Waals surface area contributed by atoms with E-state index in [1.165, 1.54) is 7.11 Å². The van der Waals surface area contributed by atoms with E-state index in [0.29, 0.717) is 17.4 Å². The fraction of sp³-hybridized carbons (Fsp3) is 0.538. The highest BCUT2D eigenvalue weighted by Crippen LogP contribution is 2.27. The SMILES string of the molecule is COCC1CCN(c2nc(C(=O)OC)ccc2N)C1. The molecule has 0 spiro atoms. The third-order valence-corrected chi connectivity index (χ3v) is 3.29. The predicted octanol–water partition coefficient (Wildman–Crippen LogP) is 0.923. The van der Waals surface area contributed by atoms with Crippen LogP contribution in [-0.4, -0.2) is 44.9 Å². The number of hydrogen-bond acceptors (Lipinski definition) is 6. The van der Waals surface area contributed by atoms with Crippen LogP contribution < -0.4 is 10.6 Å². The van der Waals surface area contributed by atoms with Crippen LogP contribution in [0.25, 0.3) is 0 Å². The van der Waals surface area contributed by atoms with Gasteiger partial charge in [-0.1, -0.05) is 0 Å². The van der Waals surface area contributed by atoms with Gasteiger partial charge in [-0.25, -0.2) is 9.78 Å². The summed E-state index contributed by atoms with van der Waals surface area (Å²) in [6.07, 6.45) is 1.04. The largest absolute Gasteiger partial charge is 0.464 e. The van der Waals surface area contributed by atoms with Crippen molar-refractivity contribution in [3.05, 3.63) is 17.8 Å². The number of nitrogens with two attached hydrogens (primary N) is 1. The Morgan fingerprint density at radius 2 is 2.32 bits per heavy atom. The van der Waals surface area contributed by atoms with Crippen LogP contribution in [0.2, 0.25) is 0 Å². The summed E-state index contributed by atoms with van der Waals surface area (Å²) in [6.45, 7) is 2.44. The van der Waals surface area contributed by atoms with Crippen molar-refractivity contribution in [3.63, 3.8) is 0 Å². The number of aromatic nitrogens is 1. The van der Waals surface area contributed by atoms with Crippen LogP contribution in [0.3, 0.4) is 0 Å². The lowest BCUT2D eigenvalue weighted by molar-refractivity contribution is 0.0594. The molecule has 1 atom stereocenters. The molecule has 104 valence electrons. The second-order valence-electron chi connectivity index (χ2n) is 4.66. The van der Waals surface area contributed by atoms with Crippen molar-refractivity contribution in [1.29, 1.82) is 0 Å². The Labute approximate surface area is 112 Å². The van der Waals surface area contributed by atoms with Crippen LogP contribution in [0.1, 0.15) is 16.9 Å². The lowest BCUT2D eigenvalue weighted by Gasteiger charge is -2.19. The predicted molar refractivity (Wildman–Crippen MR) is 72.2 cm³/mol. The standard InChI is InChI=1S/C13H19N3O3/c1-18-8-9-5-6-16(7-9)12-10(14)3-4-11(15-12)13(17)19-2/h3-4,9H,5-8,14H2,1-2H3. The average molecular weight is 265 g/mol. The topological polar surface area (TPSA) is 77.7 Å². The number of hydrogen-bond donors (Lipinski definition) is 1. The van der Waals surface area contributed by atoms with Crippen LogP contribution in [0, 0.1) is 5.92 Å². The number of nitrogen functional groups attached to an aromatic ring is 1. The van der Waals surface area contributed by atoms with E-state index in [1.807, 2.05) is 0 Å². The van der Waals surface area contributed by atoms with Gasteiger partial charge in [0.05, 0.1) is 19.4 Å². The third kappa shape index (κ3) is 2.96. The fourth-order valence-corrected chi connectivity index (χ4v) is 2.33. The summed E-state index contributed by atoms with van der Waals surface area (Å²) in [5.74, 6) is 0.684. The molecule has 1 aromatic rings. The molecule has 6 heteroatoms. The minimum atomic E-state index is -0.450. The van der Waals surface area contributed by atoms with Crippen LogP contribution >= 0.6 is 0 Å². The monoisotopic (exact) mass is 265 g/mol. The highest BCUT2D eigenvalue weighted by Gasteiger charge is 2.25. The molecule has 2 heterocycles. The quantitative estimate of drug-likeness (QED) is 0.816. The summed E-state index contributed by atoms with van der Waals surface area (Å²) in [6, 6.07) is 3.27. The van der Waals surface area contributed by atoms with E-state index in [0.717, 1.165) is 26.1 Å². The van der Waals surface area contributed by atoms with Crippen LogP contribution in [0.15, 0.2) is 12.1 Å². The summed E-state index contributed by atoms with van der Waals surface area (Å²) in [5, 5.41) is 0. The Bertz CT molecular complexity index is 464. The van der Waals surface area contributed by atoms with Gasteiger partial charge in [0.25, 0.3) is 0 Å². The fourth-order valence-electron chi connectivity index (χ4n) is 2.33. The van der Waals surface area contributed by atoms with Crippen molar-refractivity contribution in [2.75, 3.05) is 44.5 Å². The lowest BCUT2D eigenvalue weighted by Crippen LogP contribution is -2.24. The van der Waals surface area contributed by atoms with E-state index in [-0.39, 0.29) is 5.69 Å². The molecule has 0 saturated carbocycles. The maximum Gasteiger partial charge on any atom is 0.356 e. The van der Waals surface area contributed by atoms with Gasteiger partial charge in [-0.3, -0.25) is 0 Å². The van der Waals surface area contributed by atoms with E-state index >= 15 is 0 Å². The molecule has 6 nitrogen and oxygen atoms in total. The number of pyridine rings is 1. The van der Waals surface area contributed by atoms with Gasteiger partial charge in [0.2, 0.25) is 0 Å². The first kappa shape index (κ1) is 13.6. The van der Waals surface area contributed by atoms with Crippen LogP contribution in [0.4, 0.5) is 11.5 Å². The van der Waals surface area contributed by atoms with E-state index in [4.69, 9.17) is 10.5 Å².